The number of aryl methyl sites for hydroxylation is 1. The minimum atomic E-state index is 0.167. The zero-order valence-corrected chi connectivity index (χ0v) is 10.5. The van der Waals surface area contributed by atoms with Crippen molar-refractivity contribution in [3.8, 4) is 0 Å². The first-order chi connectivity index (χ1) is 7.15. The fourth-order valence-electron chi connectivity index (χ4n) is 1.36. The lowest BCUT2D eigenvalue weighted by Gasteiger charge is -2.04. The topological polar surface area (TPSA) is 29.1 Å². The van der Waals surface area contributed by atoms with Gasteiger partial charge < -0.3 is 5.32 Å². The number of amides is 1. The van der Waals surface area contributed by atoms with Gasteiger partial charge >= 0.3 is 0 Å². The van der Waals surface area contributed by atoms with E-state index in [0.717, 1.165) is 12.8 Å². The predicted octanol–water partition coefficient (Wildman–Crippen LogP) is 3.17. The minimum Gasteiger partial charge on any atom is -0.352 e. The molecule has 84 valence electrons. The summed E-state index contributed by atoms with van der Waals surface area (Å²) >= 11 is 1.75. The molecule has 0 aliphatic heterocycles. The van der Waals surface area contributed by atoms with Crippen LogP contribution in [-0.4, -0.2) is 5.91 Å². The highest BCUT2D eigenvalue weighted by atomic mass is 32.1. The molecule has 0 radical (unpaired) electrons. The monoisotopic (exact) mass is 225 g/mol. The Bertz CT molecular complexity index is 330. The van der Waals surface area contributed by atoms with Crippen molar-refractivity contribution in [3.05, 3.63) is 21.4 Å². The van der Waals surface area contributed by atoms with E-state index in [-0.39, 0.29) is 5.91 Å². The molecule has 1 aromatic rings. The maximum atomic E-state index is 11.4. The zero-order valence-electron chi connectivity index (χ0n) is 9.72. The van der Waals surface area contributed by atoms with Crippen LogP contribution in [0.15, 0.2) is 5.38 Å². The summed E-state index contributed by atoms with van der Waals surface area (Å²) in [5.74, 6) is 0.167. The molecule has 1 amide bonds. The molecule has 0 spiro atoms. The molecule has 0 unspecified atom stereocenters. The van der Waals surface area contributed by atoms with Crippen LogP contribution in [0.4, 0.5) is 0 Å². The van der Waals surface area contributed by atoms with E-state index >= 15 is 0 Å². The van der Waals surface area contributed by atoms with E-state index < -0.39 is 0 Å². The summed E-state index contributed by atoms with van der Waals surface area (Å²) in [6.45, 7) is 7.00. The summed E-state index contributed by atoms with van der Waals surface area (Å²) in [5, 5.41) is 5.09. The molecule has 2 nitrogen and oxygen atoms in total. The van der Waals surface area contributed by atoms with Crippen LogP contribution in [0.3, 0.4) is 0 Å². The molecule has 0 aliphatic rings. The molecule has 1 N–H and O–H groups in total. The van der Waals surface area contributed by atoms with Crippen LogP contribution in [0.5, 0.6) is 0 Å². The second kappa shape index (κ2) is 5.91. The van der Waals surface area contributed by atoms with Crippen molar-refractivity contribution in [1.82, 2.24) is 5.32 Å². The van der Waals surface area contributed by atoms with E-state index in [1.165, 1.54) is 16.0 Å². The first kappa shape index (κ1) is 12.2. The summed E-state index contributed by atoms with van der Waals surface area (Å²) in [4.78, 5) is 12.7. The van der Waals surface area contributed by atoms with Gasteiger partial charge in [0.15, 0.2) is 0 Å². The smallest absolute Gasteiger partial charge is 0.220 e. The van der Waals surface area contributed by atoms with Gasteiger partial charge in [-0.15, -0.1) is 11.3 Å². The van der Waals surface area contributed by atoms with Crippen LogP contribution in [0.1, 0.15) is 42.2 Å². The van der Waals surface area contributed by atoms with Crippen LogP contribution in [0, 0.1) is 13.8 Å². The number of hydrogen-bond donors (Lipinski definition) is 1. The van der Waals surface area contributed by atoms with E-state index in [2.05, 4.69) is 31.5 Å². The molecular formula is C12H19NOS. The zero-order chi connectivity index (χ0) is 11.3. The number of rotatable bonds is 5. The van der Waals surface area contributed by atoms with Gasteiger partial charge in [0.2, 0.25) is 5.91 Å². The average molecular weight is 225 g/mol. The normalized spacial score (nSPS) is 10.3. The standard InChI is InChI=1S/C12H19NOS/c1-4-5-6-12(14)13-7-11-8-15-10(3)9(11)2/h8H,4-7H2,1-3H3,(H,13,14). The Morgan fingerprint density at radius 1 is 1.47 bits per heavy atom. The lowest BCUT2D eigenvalue weighted by molar-refractivity contribution is -0.121. The number of thiophene rings is 1. The molecule has 3 heteroatoms. The van der Waals surface area contributed by atoms with E-state index in [1.807, 2.05) is 0 Å². The fraction of sp³-hybridized carbons (Fsp3) is 0.583. The first-order valence-corrected chi connectivity index (χ1v) is 6.33. The Labute approximate surface area is 95.7 Å². The minimum absolute atomic E-state index is 0.167. The molecular weight excluding hydrogens is 206 g/mol. The van der Waals surface area contributed by atoms with Crippen molar-refractivity contribution >= 4 is 17.2 Å². The van der Waals surface area contributed by atoms with Gasteiger partial charge in [-0.25, -0.2) is 0 Å². The molecule has 0 atom stereocenters. The van der Waals surface area contributed by atoms with E-state index in [1.54, 1.807) is 11.3 Å². The Kier molecular flexibility index (Phi) is 4.82. The Morgan fingerprint density at radius 3 is 2.73 bits per heavy atom. The number of carbonyl (C=O) groups excluding carboxylic acids is 1. The second-order valence-corrected chi connectivity index (χ2v) is 4.91. The van der Waals surface area contributed by atoms with Crippen LogP contribution in [0.2, 0.25) is 0 Å². The van der Waals surface area contributed by atoms with Gasteiger partial charge in [-0.05, 0) is 36.8 Å². The molecule has 0 fully saturated rings. The van der Waals surface area contributed by atoms with Crippen LogP contribution in [0.25, 0.3) is 0 Å². The lowest BCUT2D eigenvalue weighted by Crippen LogP contribution is -2.22. The van der Waals surface area contributed by atoms with Gasteiger partial charge in [-0.1, -0.05) is 13.3 Å². The molecule has 15 heavy (non-hydrogen) atoms. The summed E-state index contributed by atoms with van der Waals surface area (Å²) in [7, 11) is 0. The number of unbranched alkanes of at least 4 members (excludes halogenated alkanes) is 1. The van der Waals surface area contributed by atoms with Gasteiger partial charge in [-0.3, -0.25) is 4.79 Å². The van der Waals surface area contributed by atoms with Gasteiger partial charge in [0.1, 0.15) is 0 Å². The van der Waals surface area contributed by atoms with E-state index in [0.29, 0.717) is 13.0 Å². The fourth-order valence-corrected chi connectivity index (χ4v) is 2.24. The van der Waals surface area contributed by atoms with Gasteiger partial charge in [0.05, 0.1) is 0 Å². The third-order valence-electron chi connectivity index (χ3n) is 2.62. The molecule has 0 aliphatic carbocycles. The predicted molar refractivity (Wildman–Crippen MR) is 65.2 cm³/mol. The lowest BCUT2D eigenvalue weighted by atomic mass is 10.2. The molecule has 0 saturated carbocycles. The maximum absolute atomic E-state index is 11.4. The molecule has 1 aromatic heterocycles. The van der Waals surface area contributed by atoms with Crippen LogP contribution < -0.4 is 5.32 Å². The summed E-state index contributed by atoms with van der Waals surface area (Å²) in [5.41, 5.74) is 2.57. The van der Waals surface area contributed by atoms with Gasteiger partial charge in [-0.2, -0.15) is 0 Å². The van der Waals surface area contributed by atoms with Crippen LogP contribution >= 0.6 is 11.3 Å². The second-order valence-electron chi connectivity index (χ2n) is 3.82. The highest BCUT2D eigenvalue weighted by Crippen LogP contribution is 2.20. The van der Waals surface area contributed by atoms with E-state index in [4.69, 9.17) is 0 Å². The third-order valence-corrected chi connectivity index (χ3v) is 3.68. The van der Waals surface area contributed by atoms with Crippen molar-refractivity contribution in [2.45, 2.75) is 46.6 Å². The van der Waals surface area contributed by atoms with Crippen molar-refractivity contribution in [3.63, 3.8) is 0 Å². The summed E-state index contributed by atoms with van der Waals surface area (Å²) in [6.07, 6.45) is 2.70. The highest BCUT2D eigenvalue weighted by molar-refractivity contribution is 7.10. The van der Waals surface area contributed by atoms with Crippen molar-refractivity contribution < 1.29 is 4.79 Å². The van der Waals surface area contributed by atoms with Crippen LogP contribution in [-0.2, 0) is 11.3 Å². The van der Waals surface area contributed by atoms with E-state index in [9.17, 15) is 4.79 Å². The van der Waals surface area contributed by atoms with Crippen molar-refractivity contribution in [2.24, 2.45) is 0 Å². The van der Waals surface area contributed by atoms with Gasteiger partial charge in [0.25, 0.3) is 0 Å². The van der Waals surface area contributed by atoms with Gasteiger partial charge in [0, 0.05) is 17.8 Å². The largest absolute Gasteiger partial charge is 0.352 e. The Morgan fingerprint density at radius 2 is 2.20 bits per heavy atom. The summed E-state index contributed by atoms with van der Waals surface area (Å²) < 4.78 is 0. The summed E-state index contributed by atoms with van der Waals surface area (Å²) in [6, 6.07) is 0. The molecule has 0 saturated heterocycles. The van der Waals surface area contributed by atoms with Crippen molar-refractivity contribution in [1.29, 1.82) is 0 Å². The maximum Gasteiger partial charge on any atom is 0.220 e. The average Bonchev–Trinajstić information content (AvgIpc) is 2.54. The molecule has 0 aromatic carbocycles. The third kappa shape index (κ3) is 3.67. The molecule has 1 heterocycles. The van der Waals surface area contributed by atoms with Crippen molar-refractivity contribution in [2.75, 3.05) is 0 Å². The number of carbonyl (C=O) groups is 1. The first-order valence-electron chi connectivity index (χ1n) is 5.45. The Balaban J connectivity index is 2.37. The molecule has 0 bridgehead atoms. The highest BCUT2D eigenvalue weighted by Gasteiger charge is 2.05. The number of nitrogens with one attached hydrogen (secondary N) is 1. The quantitative estimate of drug-likeness (QED) is 0.819. The molecule has 1 rings (SSSR count). The Hall–Kier alpha value is -0.830. The SMILES string of the molecule is CCCCC(=O)NCc1csc(C)c1C. The number of hydrogen-bond acceptors (Lipinski definition) is 2.